The minimum Gasteiger partial charge on any atom is -0.497 e. The van der Waals surface area contributed by atoms with E-state index in [1.165, 1.54) is 0 Å². The summed E-state index contributed by atoms with van der Waals surface area (Å²) in [6.07, 6.45) is 1.09. The molecule has 0 aliphatic rings. The molecule has 0 spiro atoms. The number of aliphatic hydroxyl groups is 1. The normalized spacial score (nSPS) is 10.2. The van der Waals surface area contributed by atoms with Gasteiger partial charge in [0.2, 0.25) is 0 Å². The summed E-state index contributed by atoms with van der Waals surface area (Å²) in [7, 11) is 2.59. The van der Waals surface area contributed by atoms with E-state index in [1.54, 1.807) is 42.0 Å². The van der Waals surface area contributed by atoms with Gasteiger partial charge in [-0.3, -0.25) is 9.36 Å². The number of nitrogens with zero attached hydrogens (tertiary/aromatic N) is 1. The fourth-order valence-electron chi connectivity index (χ4n) is 2.91. The highest BCUT2D eigenvalue weighted by atomic mass is 35.5. The number of methoxy groups -OCH3 is 1. The second kappa shape index (κ2) is 8.65. The molecule has 6 heteroatoms. The zero-order chi connectivity index (χ0) is 19.3. The van der Waals surface area contributed by atoms with Crippen molar-refractivity contribution in [3.05, 3.63) is 64.3 Å². The van der Waals surface area contributed by atoms with Gasteiger partial charge in [0.25, 0.3) is 5.91 Å². The monoisotopic (exact) mass is 373 g/mol. The Kier molecular flexibility index (Phi) is 6.55. The fourth-order valence-corrected chi connectivity index (χ4v) is 3.04. The van der Waals surface area contributed by atoms with Crippen LogP contribution in [0.15, 0.2) is 42.5 Å². The topological polar surface area (TPSA) is 68.5 Å². The number of carbonyl (C=O) groups is 2. The van der Waals surface area contributed by atoms with Gasteiger partial charge in [-0.2, -0.15) is 0 Å². The second-order valence-electron chi connectivity index (χ2n) is 5.47. The SMILES string of the molecule is CO.COc1ccc2c(c1)c(CC=O)c(C)n2C(=O)c1ccc(Cl)cc1. The number of fused-ring (bicyclic) bond motifs is 1. The Balaban J connectivity index is 0.00000117. The van der Waals surface area contributed by atoms with E-state index < -0.39 is 0 Å². The lowest BCUT2D eigenvalue weighted by Crippen LogP contribution is -2.13. The number of aliphatic hydroxyl groups excluding tert-OH is 1. The number of ether oxygens (including phenoxy) is 1. The van der Waals surface area contributed by atoms with Crippen LogP contribution in [0.1, 0.15) is 21.6 Å². The Morgan fingerprint density at radius 2 is 1.85 bits per heavy atom. The number of rotatable bonds is 4. The molecule has 136 valence electrons. The predicted octanol–water partition coefficient (Wildman–Crippen LogP) is 3.65. The number of hydrogen-bond acceptors (Lipinski definition) is 4. The molecule has 3 aromatic rings. The van der Waals surface area contributed by atoms with Crippen LogP contribution in [0.2, 0.25) is 5.02 Å². The lowest BCUT2D eigenvalue weighted by atomic mass is 10.1. The van der Waals surface area contributed by atoms with Crippen LogP contribution in [0.5, 0.6) is 5.75 Å². The first-order valence-electron chi connectivity index (χ1n) is 7.93. The van der Waals surface area contributed by atoms with Crippen molar-refractivity contribution in [1.82, 2.24) is 4.57 Å². The number of aromatic nitrogens is 1. The van der Waals surface area contributed by atoms with Gasteiger partial charge in [-0.05, 0) is 55.0 Å². The van der Waals surface area contributed by atoms with E-state index in [0.717, 1.165) is 35.6 Å². The van der Waals surface area contributed by atoms with Crippen LogP contribution in [0.4, 0.5) is 0 Å². The molecule has 0 amide bonds. The fraction of sp³-hybridized carbons (Fsp3) is 0.200. The zero-order valence-electron chi connectivity index (χ0n) is 14.8. The van der Waals surface area contributed by atoms with E-state index in [1.807, 2.05) is 19.1 Å². The van der Waals surface area contributed by atoms with Gasteiger partial charge in [0, 0.05) is 35.2 Å². The largest absolute Gasteiger partial charge is 0.497 e. The maximum Gasteiger partial charge on any atom is 0.262 e. The van der Waals surface area contributed by atoms with Crippen LogP contribution >= 0.6 is 11.6 Å². The van der Waals surface area contributed by atoms with E-state index >= 15 is 0 Å². The van der Waals surface area contributed by atoms with Crippen molar-refractivity contribution >= 4 is 34.7 Å². The Bertz CT molecular complexity index is 929. The van der Waals surface area contributed by atoms with E-state index in [9.17, 15) is 9.59 Å². The van der Waals surface area contributed by atoms with E-state index in [2.05, 4.69) is 0 Å². The predicted molar refractivity (Wildman–Crippen MR) is 102 cm³/mol. The van der Waals surface area contributed by atoms with Gasteiger partial charge in [0.1, 0.15) is 12.0 Å². The summed E-state index contributed by atoms with van der Waals surface area (Å²) in [5.41, 5.74) is 2.88. The van der Waals surface area contributed by atoms with Crippen LogP contribution in [-0.4, -0.2) is 36.1 Å². The molecule has 1 N–H and O–H groups in total. The Hall–Kier alpha value is -2.63. The second-order valence-corrected chi connectivity index (χ2v) is 5.90. The summed E-state index contributed by atoms with van der Waals surface area (Å²) in [5.74, 6) is 0.530. The van der Waals surface area contributed by atoms with Crippen molar-refractivity contribution in [1.29, 1.82) is 0 Å². The van der Waals surface area contributed by atoms with Crippen LogP contribution in [-0.2, 0) is 11.2 Å². The number of aldehydes is 1. The van der Waals surface area contributed by atoms with Crippen molar-refractivity contribution < 1.29 is 19.4 Å². The molecular weight excluding hydrogens is 354 g/mol. The van der Waals surface area contributed by atoms with E-state index in [-0.39, 0.29) is 12.3 Å². The van der Waals surface area contributed by atoms with Gasteiger partial charge in [0.05, 0.1) is 12.6 Å². The summed E-state index contributed by atoms with van der Waals surface area (Å²) in [6.45, 7) is 1.85. The number of carbonyl (C=O) groups excluding carboxylic acids is 2. The molecule has 0 saturated heterocycles. The minimum atomic E-state index is -0.156. The molecule has 1 heterocycles. The lowest BCUT2D eigenvalue weighted by molar-refractivity contribution is -0.107. The maximum absolute atomic E-state index is 13.0. The molecule has 3 rings (SSSR count). The molecule has 1 aromatic heterocycles. The first kappa shape index (κ1) is 19.7. The van der Waals surface area contributed by atoms with Gasteiger partial charge >= 0.3 is 0 Å². The third-order valence-electron chi connectivity index (χ3n) is 4.12. The Labute approximate surface area is 156 Å². The number of benzene rings is 2. The van der Waals surface area contributed by atoms with Crippen LogP contribution < -0.4 is 4.74 Å². The highest BCUT2D eigenvalue weighted by Crippen LogP contribution is 2.30. The molecule has 0 radical (unpaired) electrons. The van der Waals surface area contributed by atoms with Gasteiger partial charge in [-0.15, -0.1) is 0 Å². The summed E-state index contributed by atoms with van der Waals surface area (Å²) >= 11 is 5.90. The number of hydrogen-bond donors (Lipinski definition) is 1. The quantitative estimate of drug-likeness (QED) is 0.709. The first-order valence-corrected chi connectivity index (χ1v) is 8.31. The van der Waals surface area contributed by atoms with Crippen molar-refractivity contribution in [3.8, 4) is 5.75 Å². The Morgan fingerprint density at radius 3 is 2.42 bits per heavy atom. The average molecular weight is 374 g/mol. The van der Waals surface area contributed by atoms with Crippen molar-refractivity contribution in [2.24, 2.45) is 0 Å². The summed E-state index contributed by atoms with van der Waals surface area (Å²) in [6, 6.07) is 12.3. The van der Waals surface area contributed by atoms with Crippen molar-refractivity contribution in [2.45, 2.75) is 13.3 Å². The molecule has 0 aliphatic carbocycles. The maximum atomic E-state index is 13.0. The molecule has 0 saturated carbocycles. The van der Waals surface area contributed by atoms with Gasteiger partial charge in [-0.1, -0.05) is 11.6 Å². The molecule has 0 unspecified atom stereocenters. The summed E-state index contributed by atoms with van der Waals surface area (Å²) < 4.78 is 6.90. The molecule has 2 aromatic carbocycles. The highest BCUT2D eigenvalue weighted by Gasteiger charge is 2.20. The standard InChI is InChI=1S/C19H16ClNO3.CH4O/c1-12-16(9-10-22)17-11-15(24-2)7-8-18(17)21(12)19(23)13-3-5-14(20)6-4-13;1-2/h3-8,10-11H,9H2,1-2H3;2H,1H3. The third-order valence-corrected chi connectivity index (χ3v) is 4.38. The molecule has 26 heavy (non-hydrogen) atoms. The highest BCUT2D eigenvalue weighted by molar-refractivity contribution is 6.30. The molecule has 0 atom stereocenters. The minimum absolute atomic E-state index is 0.156. The van der Waals surface area contributed by atoms with E-state index in [4.69, 9.17) is 21.4 Å². The average Bonchev–Trinajstić information content (AvgIpc) is 2.95. The van der Waals surface area contributed by atoms with Crippen molar-refractivity contribution in [3.63, 3.8) is 0 Å². The summed E-state index contributed by atoms with van der Waals surface area (Å²) in [5, 5.41) is 8.42. The molecular formula is C20H20ClNO4. The van der Waals surface area contributed by atoms with Gasteiger partial charge in [0.15, 0.2) is 0 Å². The zero-order valence-corrected chi connectivity index (χ0v) is 15.6. The number of halogens is 1. The lowest BCUT2D eigenvalue weighted by Gasteiger charge is -2.08. The first-order chi connectivity index (χ1) is 12.6. The molecule has 0 bridgehead atoms. The van der Waals surface area contributed by atoms with Gasteiger partial charge < -0.3 is 14.6 Å². The van der Waals surface area contributed by atoms with E-state index in [0.29, 0.717) is 16.3 Å². The van der Waals surface area contributed by atoms with Crippen molar-refractivity contribution in [2.75, 3.05) is 14.2 Å². The Morgan fingerprint density at radius 1 is 1.19 bits per heavy atom. The van der Waals surface area contributed by atoms with Crippen LogP contribution in [0, 0.1) is 6.92 Å². The smallest absolute Gasteiger partial charge is 0.262 e. The molecule has 5 nitrogen and oxygen atoms in total. The van der Waals surface area contributed by atoms with Crippen LogP contribution in [0.3, 0.4) is 0 Å². The van der Waals surface area contributed by atoms with Crippen LogP contribution in [0.25, 0.3) is 10.9 Å². The summed E-state index contributed by atoms with van der Waals surface area (Å²) in [4.78, 5) is 24.0. The third kappa shape index (κ3) is 3.64. The molecule has 0 fully saturated rings. The molecule has 0 aliphatic heterocycles. The van der Waals surface area contributed by atoms with Gasteiger partial charge in [-0.25, -0.2) is 0 Å².